The van der Waals surface area contributed by atoms with Crippen LogP contribution in [0, 0.1) is 0 Å². The van der Waals surface area contributed by atoms with Gasteiger partial charge in [0, 0.05) is 26.2 Å². The third kappa shape index (κ3) is 3.85. The summed E-state index contributed by atoms with van der Waals surface area (Å²) >= 11 is 0. The maximum Gasteiger partial charge on any atom is 0.573 e. The van der Waals surface area contributed by atoms with Gasteiger partial charge in [0.05, 0.1) is 5.39 Å². The summed E-state index contributed by atoms with van der Waals surface area (Å²) in [7, 11) is 2.09. The van der Waals surface area contributed by atoms with Crippen LogP contribution in [0.5, 0.6) is 5.75 Å². The first kappa shape index (κ1) is 17.7. The Morgan fingerprint density at radius 2 is 1.63 bits per heavy atom. The van der Waals surface area contributed by atoms with Crippen LogP contribution in [0.15, 0.2) is 47.0 Å². The molecule has 1 fully saturated rings. The van der Waals surface area contributed by atoms with Crippen molar-refractivity contribution in [1.29, 1.82) is 0 Å². The fourth-order valence-electron chi connectivity index (χ4n) is 3.20. The monoisotopic (exact) mass is 377 g/mol. The third-order valence-corrected chi connectivity index (χ3v) is 4.67. The molecule has 0 aliphatic carbocycles. The second-order valence-corrected chi connectivity index (χ2v) is 6.58. The number of alkyl halides is 3. The van der Waals surface area contributed by atoms with Crippen LogP contribution in [0.25, 0.3) is 22.1 Å². The number of anilines is 1. The SMILES string of the molecule is CN1CCN(c2noc3ccc(-c4ccc(OC(F)(F)F)cc4)cc23)CC1. The van der Waals surface area contributed by atoms with Crippen LogP contribution in [-0.2, 0) is 0 Å². The fourth-order valence-corrected chi connectivity index (χ4v) is 3.20. The van der Waals surface area contributed by atoms with E-state index in [0.29, 0.717) is 5.58 Å². The molecule has 8 heteroatoms. The molecule has 0 saturated carbocycles. The maximum absolute atomic E-state index is 12.3. The Morgan fingerprint density at radius 1 is 0.963 bits per heavy atom. The summed E-state index contributed by atoms with van der Waals surface area (Å²) < 4.78 is 46.3. The normalized spacial score (nSPS) is 16.1. The summed E-state index contributed by atoms with van der Waals surface area (Å²) in [6.45, 7) is 3.64. The quantitative estimate of drug-likeness (QED) is 0.686. The highest BCUT2D eigenvalue weighted by Crippen LogP contribution is 2.32. The Balaban J connectivity index is 1.62. The topological polar surface area (TPSA) is 41.7 Å². The van der Waals surface area contributed by atoms with E-state index in [1.165, 1.54) is 12.1 Å². The fraction of sp³-hybridized carbons (Fsp3) is 0.316. The van der Waals surface area contributed by atoms with Gasteiger partial charge in [-0.15, -0.1) is 13.2 Å². The van der Waals surface area contributed by atoms with Crippen molar-refractivity contribution in [2.45, 2.75) is 6.36 Å². The van der Waals surface area contributed by atoms with Crippen LogP contribution in [0.4, 0.5) is 19.0 Å². The third-order valence-electron chi connectivity index (χ3n) is 4.67. The minimum atomic E-state index is -4.69. The van der Waals surface area contributed by atoms with E-state index >= 15 is 0 Å². The van der Waals surface area contributed by atoms with Gasteiger partial charge >= 0.3 is 6.36 Å². The molecule has 0 N–H and O–H groups in total. The Kier molecular flexibility index (Phi) is 4.43. The van der Waals surface area contributed by atoms with Crippen LogP contribution in [0.3, 0.4) is 0 Å². The molecule has 1 aliphatic heterocycles. The second kappa shape index (κ2) is 6.77. The molecule has 0 bridgehead atoms. The molecule has 2 heterocycles. The molecule has 0 radical (unpaired) electrons. The number of aromatic nitrogens is 1. The Labute approximate surface area is 153 Å². The van der Waals surface area contributed by atoms with Gasteiger partial charge in [-0.25, -0.2) is 0 Å². The van der Waals surface area contributed by atoms with Gasteiger partial charge in [-0.05, 0) is 42.4 Å². The standard InChI is InChI=1S/C19H18F3N3O2/c1-24-8-10-25(11-9-24)18-16-12-14(4-7-17(16)27-23-18)13-2-5-15(6-3-13)26-19(20,21)22/h2-7,12H,8-11H2,1H3. The van der Waals surface area contributed by atoms with Crippen molar-refractivity contribution in [1.82, 2.24) is 10.1 Å². The molecule has 3 aromatic rings. The molecule has 4 rings (SSSR count). The number of benzene rings is 2. The smallest absolute Gasteiger partial charge is 0.406 e. The summed E-state index contributed by atoms with van der Waals surface area (Å²) in [5.74, 6) is 0.562. The van der Waals surface area contributed by atoms with Gasteiger partial charge in [0.25, 0.3) is 0 Å². The minimum absolute atomic E-state index is 0.240. The van der Waals surface area contributed by atoms with Crippen molar-refractivity contribution in [3.05, 3.63) is 42.5 Å². The van der Waals surface area contributed by atoms with Crippen LogP contribution < -0.4 is 9.64 Å². The van der Waals surface area contributed by atoms with Gasteiger partial charge in [0.1, 0.15) is 5.75 Å². The predicted molar refractivity (Wildman–Crippen MR) is 95.8 cm³/mol. The van der Waals surface area contributed by atoms with Crippen LogP contribution in [0.2, 0.25) is 0 Å². The first-order valence-electron chi connectivity index (χ1n) is 8.58. The molecule has 27 heavy (non-hydrogen) atoms. The van der Waals surface area contributed by atoms with Gasteiger partial charge < -0.3 is 19.1 Å². The number of hydrogen-bond donors (Lipinski definition) is 0. The van der Waals surface area contributed by atoms with E-state index in [2.05, 4.69) is 26.7 Å². The van der Waals surface area contributed by atoms with Crippen LogP contribution in [0.1, 0.15) is 0 Å². The first-order chi connectivity index (χ1) is 12.9. The van der Waals surface area contributed by atoms with E-state index in [-0.39, 0.29) is 5.75 Å². The summed E-state index contributed by atoms with van der Waals surface area (Å²) in [4.78, 5) is 4.45. The van der Waals surface area contributed by atoms with Gasteiger partial charge in [-0.1, -0.05) is 23.4 Å². The summed E-state index contributed by atoms with van der Waals surface area (Å²) in [5, 5.41) is 5.12. The van der Waals surface area contributed by atoms with E-state index in [1.54, 1.807) is 12.1 Å². The van der Waals surface area contributed by atoms with Crippen LogP contribution >= 0.6 is 0 Å². The van der Waals surface area contributed by atoms with E-state index in [4.69, 9.17) is 4.52 Å². The van der Waals surface area contributed by atoms with Crippen LogP contribution in [-0.4, -0.2) is 49.6 Å². The zero-order valence-electron chi connectivity index (χ0n) is 14.7. The lowest BCUT2D eigenvalue weighted by Gasteiger charge is -2.32. The largest absolute Gasteiger partial charge is 0.573 e. The molecule has 5 nitrogen and oxygen atoms in total. The maximum atomic E-state index is 12.3. The summed E-state index contributed by atoms with van der Waals surface area (Å²) in [5.41, 5.74) is 2.35. The molecule has 0 spiro atoms. The first-order valence-corrected chi connectivity index (χ1v) is 8.58. The number of piperazine rings is 1. The molecule has 0 unspecified atom stereocenters. The zero-order chi connectivity index (χ0) is 19.0. The minimum Gasteiger partial charge on any atom is -0.406 e. The zero-order valence-corrected chi connectivity index (χ0v) is 14.7. The van der Waals surface area contributed by atoms with E-state index in [1.807, 2.05) is 18.2 Å². The lowest BCUT2D eigenvalue weighted by atomic mass is 10.0. The van der Waals surface area contributed by atoms with E-state index in [0.717, 1.165) is 48.5 Å². The number of fused-ring (bicyclic) bond motifs is 1. The number of ether oxygens (including phenoxy) is 1. The summed E-state index contributed by atoms with van der Waals surface area (Å²) in [6.07, 6.45) is -4.69. The highest BCUT2D eigenvalue weighted by Gasteiger charge is 2.31. The van der Waals surface area contributed by atoms with Gasteiger partial charge in [0.2, 0.25) is 0 Å². The Hall–Kier alpha value is -2.74. The van der Waals surface area contributed by atoms with Crippen molar-refractivity contribution in [2.24, 2.45) is 0 Å². The average molecular weight is 377 g/mol. The molecule has 2 aromatic carbocycles. The van der Waals surface area contributed by atoms with Crippen molar-refractivity contribution in [2.75, 3.05) is 38.1 Å². The predicted octanol–water partition coefficient (Wildman–Crippen LogP) is 4.15. The van der Waals surface area contributed by atoms with Crippen molar-refractivity contribution >= 4 is 16.8 Å². The number of nitrogens with zero attached hydrogens (tertiary/aromatic N) is 3. The second-order valence-electron chi connectivity index (χ2n) is 6.58. The number of likely N-dealkylation sites (N-methyl/N-ethyl adjacent to an activating group) is 1. The number of halogens is 3. The lowest BCUT2D eigenvalue weighted by molar-refractivity contribution is -0.274. The molecular formula is C19H18F3N3O2. The van der Waals surface area contributed by atoms with Gasteiger partial charge in [-0.2, -0.15) is 0 Å². The lowest BCUT2D eigenvalue weighted by Crippen LogP contribution is -2.44. The molecule has 1 saturated heterocycles. The highest BCUT2D eigenvalue weighted by atomic mass is 19.4. The van der Waals surface area contributed by atoms with Gasteiger partial charge in [0.15, 0.2) is 11.4 Å². The average Bonchev–Trinajstić information content (AvgIpc) is 3.05. The number of rotatable bonds is 3. The molecule has 0 atom stereocenters. The molecule has 0 amide bonds. The van der Waals surface area contributed by atoms with Gasteiger partial charge in [-0.3, -0.25) is 0 Å². The summed E-state index contributed by atoms with van der Waals surface area (Å²) in [6, 6.07) is 11.5. The Bertz CT molecular complexity index is 930. The van der Waals surface area contributed by atoms with Crippen molar-refractivity contribution in [3.63, 3.8) is 0 Å². The van der Waals surface area contributed by atoms with E-state index in [9.17, 15) is 13.2 Å². The Morgan fingerprint density at radius 3 is 2.30 bits per heavy atom. The highest BCUT2D eigenvalue weighted by molar-refractivity contribution is 5.92. The van der Waals surface area contributed by atoms with E-state index < -0.39 is 6.36 Å². The molecule has 1 aromatic heterocycles. The molecule has 142 valence electrons. The molecular weight excluding hydrogens is 359 g/mol. The molecule has 1 aliphatic rings. The van der Waals surface area contributed by atoms with Crippen molar-refractivity contribution in [3.8, 4) is 16.9 Å². The number of hydrogen-bond acceptors (Lipinski definition) is 5. The van der Waals surface area contributed by atoms with Crippen molar-refractivity contribution < 1.29 is 22.4 Å².